The van der Waals surface area contributed by atoms with Gasteiger partial charge in [0.25, 0.3) is 0 Å². The third kappa shape index (κ3) is 10.4. The van der Waals surface area contributed by atoms with Crippen molar-refractivity contribution >= 4 is 5.97 Å². The minimum absolute atomic E-state index is 0.0258. The second kappa shape index (κ2) is 15.6. The monoisotopic (exact) mass is 681 g/mol. The first kappa shape index (κ1) is 36.5. The molecule has 6 saturated carbocycles. The van der Waals surface area contributed by atoms with Gasteiger partial charge in [-0.05, 0) is 205 Å². The summed E-state index contributed by atoms with van der Waals surface area (Å²) < 4.78 is 5.57. The summed E-state index contributed by atoms with van der Waals surface area (Å²) in [4.78, 5) is 12.4. The normalized spacial score (nSPS) is 40.0. The molecule has 0 aliphatic heterocycles. The zero-order valence-electron chi connectivity index (χ0n) is 32.9. The van der Waals surface area contributed by atoms with E-state index in [4.69, 9.17) is 4.74 Å². The highest BCUT2D eigenvalue weighted by molar-refractivity contribution is 5.69. The van der Waals surface area contributed by atoms with Gasteiger partial charge >= 0.3 is 5.97 Å². The second-order valence-electron chi connectivity index (χ2n) is 19.8. The van der Waals surface area contributed by atoms with E-state index in [2.05, 4.69) is 71.9 Å². The minimum atomic E-state index is -0.0258. The molecule has 0 saturated heterocycles. The molecule has 7 rings (SSSR count). The summed E-state index contributed by atoms with van der Waals surface area (Å²) in [6, 6.07) is 0. The molecule has 2 heteroatoms. The molecule has 2 nitrogen and oxygen atoms in total. The summed E-state index contributed by atoms with van der Waals surface area (Å²) in [6.45, 7) is 14.0. The third-order valence-corrected chi connectivity index (χ3v) is 15.1. The van der Waals surface area contributed by atoms with E-state index in [-0.39, 0.29) is 11.4 Å². The lowest BCUT2D eigenvalue weighted by Crippen LogP contribution is -2.19. The average molecular weight is 681 g/mol. The summed E-state index contributed by atoms with van der Waals surface area (Å²) in [5, 5.41) is 0. The molecule has 7 aliphatic rings. The van der Waals surface area contributed by atoms with Crippen LogP contribution in [-0.2, 0) is 9.53 Å². The summed E-state index contributed by atoms with van der Waals surface area (Å²) in [5.74, 6) is 12.6. The van der Waals surface area contributed by atoms with Crippen molar-refractivity contribution in [3.05, 3.63) is 58.7 Å². The van der Waals surface area contributed by atoms with Crippen molar-refractivity contribution < 1.29 is 9.53 Å². The Labute approximate surface area is 307 Å². The minimum Gasteiger partial charge on any atom is -0.461 e. The molecule has 0 heterocycles. The largest absolute Gasteiger partial charge is 0.461 e. The van der Waals surface area contributed by atoms with Crippen LogP contribution in [0.1, 0.15) is 151 Å². The Morgan fingerprint density at radius 2 is 1.22 bits per heavy atom. The maximum absolute atomic E-state index is 12.4. The Morgan fingerprint density at radius 3 is 1.74 bits per heavy atom. The Bertz CT molecular complexity index is 1370. The average Bonchev–Trinajstić information content (AvgIpc) is 3.84. The van der Waals surface area contributed by atoms with Crippen molar-refractivity contribution in [3.63, 3.8) is 0 Å². The fourth-order valence-corrected chi connectivity index (χ4v) is 10.9. The van der Waals surface area contributed by atoms with Gasteiger partial charge in [0.1, 0.15) is 6.61 Å². The molecule has 0 amide bonds. The van der Waals surface area contributed by atoms with Crippen molar-refractivity contribution in [3.8, 4) is 0 Å². The van der Waals surface area contributed by atoms with Crippen LogP contribution in [-0.4, -0.2) is 12.6 Å². The van der Waals surface area contributed by atoms with E-state index in [1.54, 1.807) is 51.4 Å². The number of carbonyl (C=O) groups excluding carboxylic acids is 1. The van der Waals surface area contributed by atoms with Crippen LogP contribution < -0.4 is 0 Å². The molecule has 276 valence electrons. The molecule has 7 aliphatic carbocycles. The predicted molar refractivity (Wildman–Crippen MR) is 209 cm³/mol. The Morgan fingerprint density at radius 1 is 0.720 bits per heavy atom. The van der Waals surface area contributed by atoms with Crippen molar-refractivity contribution in [1.82, 2.24) is 0 Å². The van der Waals surface area contributed by atoms with E-state index in [1.165, 1.54) is 61.7 Å². The van der Waals surface area contributed by atoms with Crippen LogP contribution in [0, 0.1) is 76.4 Å². The van der Waals surface area contributed by atoms with Gasteiger partial charge in [0.05, 0.1) is 0 Å². The molecule has 0 radical (unpaired) electrons. The number of hydrogen-bond acceptors (Lipinski definition) is 2. The highest BCUT2D eigenvalue weighted by atomic mass is 16.5. The molecule has 12 unspecified atom stereocenters. The van der Waals surface area contributed by atoms with Gasteiger partial charge in [-0.2, -0.15) is 0 Å². The Hall–Kier alpha value is -1.83. The van der Waals surface area contributed by atoms with Gasteiger partial charge in [0.2, 0.25) is 0 Å². The number of esters is 1. The third-order valence-electron chi connectivity index (χ3n) is 15.1. The second-order valence-corrected chi connectivity index (χ2v) is 19.8. The highest BCUT2D eigenvalue weighted by Crippen LogP contribution is 2.62. The number of allylic oxidation sites excluding steroid dienone is 9. The lowest BCUT2D eigenvalue weighted by Gasteiger charge is -2.32. The van der Waals surface area contributed by atoms with Crippen molar-refractivity contribution in [2.45, 2.75) is 151 Å². The highest BCUT2D eigenvalue weighted by Gasteiger charge is 2.52. The maximum atomic E-state index is 12.4. The van der Waals surface area contributed by atoms with Crippen LogP contribution in [0.2, 0.25) is 0 Å². The smallest absolute Gasteiger partial charge is 0.306 e. The number of ether oxygens (including phenoxy) is 1. The Balaban J connectivity index is 0.694. The molecular weight excluding hydrogens is 609 g/mol. The topological polar surface area (TPSA) is 26.3 Å². The lowest BCUT2D eigenvalue weighted by atomic mass is 9.72. The van der Waals surface area contributed by atoms with Gasteiger partial charge < -0.3 is 4.74 Å². The maximum Gasteiger partial charge on any atom is 0.306 e. The van der Waals surface area contributed by atoms with Crippen molar-refractivity contribution in [1.29, 1.82) is 0 Å². The summed E-state index contributed by atoms with van der Waals surface area (Å²) in [7, 11) is 0. The van der Waals surface area contributed by atoms with Crippen molar-refractivity contribution in [2.24, 2.45) is 76.4 Å². The standard InChI is InChI=1S/C48H72O2/c1-7-34-20-36(34)22-38-24-40(38)26-42-28-44(42)30-45-29-43(45)27-41-25-39(41)23-37-21-35(37)14-16-47(49)50-19-17-32(3)11-8-10-31(2)13-15-46-33(4)12-9-18-48(46,5)6/h8,10-11,13,15,17,34-45H,7,9,12,14,16,18-30H2,1-6H3. The molecule has 0 aromatic rings. The van der Waals surface area contributed by atoms with Gasteiger partial charge in [0, 0.05) is 6.42 Å². The molecule has 0 aromatic carbocycles. The zero-order chi connectivity index (χ0) is 35.0. The first-order valence-electron chi connectivity index (χ1n) is 21.6. The quantitative estimate of drug-likeness (QED) is 0.0945. The van der Waals surface area contributed by atoms with Gasteiger partial charge in [-0.1, -0.05) is 74.3 Å². The zero-order valence-corrected chi connectivity index (χ0v) is 32.9. The van der Waals surface area contributed by atoms with Gasteiger partial charge in [0.15, 0.2) is 0 Å². The number of rotatable bonds is 20. The molecular formula is C48H72O2. The number of hydrogen-bond donors (Lipinski definition) is 0. The number of carbonyl (C=O) groups is 1. The fraction of sp³-hybridized carbons (Fsp3) is 0.771. The molecule has 6 fully saturated rings. The van der Waals surface area contributed by atoms with E-state index < -0.39 is 0 Å². The Kier molecular flexibility index (Phi) is 11.4. The molecule has 0 bridgehead atoms. The summed E-state index contributed by atoms with van der Waals surface area (Å²) in [6.07, 6.45) is 36.7. The van der Waals surface area contributed by atoms with E-state index >= 15 is 0 Å². The van der Waals surface area contributed by atoms with Gasteiger partial charge in [-0.3, -0.25) is 4.79 Å². The van der Waals surface area contributed by atoms with Crippen LogP contribution >= 0.6 is 0 Å². The molecule has 12 atom stereocenters. The first-order valence-corrected chi connectivity index (χ1v) is 21.6. The van der Waals surface area contributed by atoms with Crippen LogP contribution in [0.15, 0.2) is 58.7 Å². The van der Waals surface area contributed by atoms with E-state index in [0.29, 0.717) is 13.0 Å². The van der Waals surface area contributed by atoms with Crippen LogP contribution in [0.3, 0.4) is 0 Å². The van der Waals surface area contributed by atoms with E-state index in [0.717, 1.165) is 83.0 Å². The summed E-state index contributed by atoms with van der Waals surface area (Å²) >= 11 is 0. The predicted octanol–water partition coefficient (Wildman–Crippen LogP) is 13.0. The molecule has 0 spiro atoms. The van der Waals surface area contributed by atoms with Gasteiger partial charge in [-0.25, -0.2) is 0 Å². The SMILES string of the molecule is CCC1CC1CC1CC1CC1CC1CC1CC1CC1CC1CC1CC1CCC(=O)OCC=C(C)C=CC=C(C)C=CC1=C(C)CCCC1(C)C. The molecule has 50 heavy (non-hydrogen) atoms. The van der Waals surface area contributed by atoms with E-state index in [9.17, 15) is 4.79 Å². The van der Waals surface area contributed by atoms with Crippen LogP contribution in [0.25, 0.3) is 0 Å². The molecule has 0 aromatic heterocycles. The lowest BCUT2D eigenvalue weighted by molar-refractivity contribution is -0.142. The first-order chi connectivity index (χ1) is 24.1. The van der Waals surface area contributed by atoms with Crippen LogP contribution in [0.4, 0.5) is 0 Å². The van der Waals surface area contributed by atoms with Gasteiger partial charge in [-0.15, -0.1) is 0 Å². The summed E-state index contributed by atoms with van der Waals surface area (Å²) in [5.41, 5.74) is 5.69. The van der Waals surface area contributed by atoms with Crippen LogP contribution in [0.5, 0.6) is 0 Å². The molecule has 0 N–H and O–H groups in total. The van der Waals surface area contributed by atoms with E-state index in [1.807, 2.05) is 6.08 Å². The fourth-order valence-electron chi connectivity index (χ4n) is 10.9. The van der Waals surface area contributed by atoms with Crippen molar-refractivity contribution in [2.75, 3.05) is 6.61 Å².